The lowest BCUT2D eigenvalue weighted by Gasteiger charge is -1.93. The highest BCUT2D eigenvalue weighted by Crippen LogP contribution is 2.21. The Labute approximate surface area is 91.7 Å². The summed E-state index contributed by atoms with van der Waals surface area (Å²) in [7, 11) is 0. The molecule has 2 aromatic rings. The maximum absolute atomic E-state index is 10.5. The van der Waals surface area contributed by atoms with Crippen LogP contribution in [-0.2, 0) is 4.79 Å². The molecule has 2 rings (SSSR count). The van der Waals surface area contributed by atoms with Crippen molar-refractivity contribution < 1.29 is 9.32 Å². The lowest BCUT2D eigenvalue weighted by atomic mass is 10.1. The van der Waals surface area contributed by atoms with E-state index in [1.807, 2.05) is 12.1 Å². The average molecular weight is 217 g/mol. The Bertz CT molecular complexity index is 557. The van der Waals surface area contributed by atoms with Gasteiger partial charge in [0.05, 0.1) is 5.39 Å². The predicted molar refractivity (Wildman–Crippen MR) is 61.3 cm³/mol. The minimum Gasteiger partial charge on any atom is -0.380 e. The van der Waals surface area contributed by atoms with Crippen molar-refractivity contribution in [1.82, 2.24) is 5.16 Å². The molecule has 82 valence electrons. The van der Waals surface area contributed by atoms with E-state index in [-0.39, 0.29) is 12.3 Å². The molecule has 0 unspecified atom stereocenters. The van der Waals surface area contributed by atoms with Crippen LogP contribution < -0.4 is 11.5 Å². The normalized spacial score (nSPS) is 11.2. The summed E-state index contributed by atoms with van der Waals surface area (Å²) in [5, 5.41) is 4.41. The maximum atomic E-state index is 10.5. The molecule has 1 aromatic carbocycles. The number of benzene rings is 1. The first kappa shape index (κ1) is 10.2. The van der Waals surface area contributed by atoms with Crippen LogP contribution >= 0.6 is 0 Å². The zero-order valence-corrected chi connectivity index (χ0v) is 8.51. The van der Waals surface area contributed by atoms with Gasteiger partial charge in [0.15, 0.2) is 11.4 Å². The van der Waals surface area contributed by atoms with Crippen LogP contribution in [0.25, 0.3) is 17.0 Å². The summed E-state index contributed by atoms with van der Waals surface area (Å²) in [5.74, 6) is 0.00182. The Morgan fingerprint density at radius 3 is 3.06 bits per heavy atom. The SMILES string of the molecule is NC(=O)CC=Cc1ccc2onc(N)c2c1. The van der Waals surface area contributed by atoms with Gasteiger partial charge in [0, 0.05) is 6.42 Å². The van der Waals surface area contributed by atoms with E-state index in [2.05, 4.69) is 5.16 Å². The third-order valence-electron chi connectivity index (χ3n) is 2.15. The lowest BCUT2D eigenvalue weighted by Crippen LogP contribution is -2.07. The van der Waals surface area contributed by atoms with Gasteiger partial charge >= 0.3 is 0 Å². The van der Waals surface area contributed by atoms with E-state index >= 15 is 0 Å². The van der Waals surface area contributed by atoms with Gasteiger partial charge < -0.3 is 16.0 Å². The summed E-state index contributed by atoms with van der Waals surface area (Å²) in [5.41, 5.74) is 12.2. The second-order valence-electron chi connectivity index (χ2n) is 3.40. The molecule has 0 aliphatic carbocycles. The van der Waals surface area contributed by atoms with Crippen molar-refractivity contribution in [2.45, 2.75) is 6.42 Å². The maximum Gasteiger partial charge on any atom is 0.221 e. The number of nitrogens with zero attached hydrogens (tertiary/aromatic N) is 1. The quantitative estimate of drug-likeness (QED) is 0.809. The molecule has 5 nitrogen and oxygen atoms in total. The number of anilines is 1. The van der Waals surface area contributed by atoms with E-state index in [9.17, 15) is 4.79 Å². The van der Waals surface area contributed by atoms with Crippen LogP contribution in [-0.4, -0.2) is 11.1 Å². The number of carbonyl (C=O) groups is 1. The van der Waals surface area contributed by atoms with E-state index < -0.39 is 0 Å². The fourth-order valence-corrected chi connectivity index (χ4v) is 1.39. The van der Waals surface area contributed by atoms with Gasteiger partial charge in [-0.1, -0.05) is 23.4 Å². The van der Waals surface area contributed by atoms with E-state index in [0.717, 1.165) is 10.9 Å². The van der Waals surface area contributed by atoms with Crippen molar-refractivity contribution in [3.8, 4) is 0 Å². The zero-order valence-electron chi connectivity index (χ0n) is 8.51. The summed E-state index contributed by atoms with van der Waals surface area (Å²) < 4.78 is 4.97. The highest BCUT2D eigenvalue weighted by molar-refractivity contribution is 5.88. The Hall–Kier alpha value is -2.30. The Morgan fingerprint density at radius 2 is 2.31 bits per heavy atom. The summed E-state index contributed by atoms with van der Waals surface area (Å²) in [6.07, 6.45) is 3.72. The van der Waals surface area contributed by atoms with Gasteiger partial charge in [-0.15, -0.1) is 0 Å². The van der Waals surface area contributed by atoms with Crippen molar-refractivity contribution >= 4 is 28.8 Å². The molecule has 0 saturated carbocycles. The van der Waals surface area contributed by atoms with Gasteiger partial charge in [-0.25, -0.2) is 0 Å². The largest absolute Gasteiger partial charge is 0.380 e. The summed E-state index contributed by atoms with van der Waals surface area (Å²) in [6.45, 7) is 0. The fraction of sp³-hybridized carbons (Fsp3) is 0.0909. The third kappa shape index (κ3) is 2.03. The number of aromatic nitrogens is 1. The van der Waals surface area contributed by atoms with Crippen molar-refractivity contribution in [2.24, 2.45) is 5.73 Å². The lowest BCUT2D eigenvalue weighted by molar-refractivity contribution is -0.117. The first-order valence-corrected chi connectivity index (χ1v) is 4.76. The third-order valence-corrected chi connectivity index (χ3v) is 2.15. The molecule has 0 atom stereocenters. The van der Waals surface area contributed by atoms with Gasteiger partial charge in [0.25, 0.3) is 0 Å². The molecule has 0 aliphatic heterocycles. The molecule has 0 bridgehead atoms. The topological polar surface area (TPSA) is 95.1 Å². The molecular formula is C11H11N3O2. The van der Waals surface area contributed by atoms with E-state index in [1.165, 1.54) is 0 Å². The minimum absolute atomic E-state index is 0.219. The van der Waals surface area contributed by atoms with Crippen molar-refractivity contribution in [2.75, 3.05) is 5.73 Å². The first-order valence-electron chi connectivity index (χ1n) is 4.76. The van der Waals surface area contributed by atoms with Crippen LogP contribution in [0.1, 0.15) is 12.0 Å². The average Bonchev–Trinajstić information content (AvgIpc) is 2.60. The zero-order chi connectivity index (χ0) is 11.5. The number of hydrogen-bond donors (Lipinski definition) is 2. The number of nitrogens with two attached hydrogens (primary N) is 2. The smallest absolute Gasteiger partial charge is 0.221 e. The predicted octanol–water partition coefficient (Wildman–Crippen LogP) is 1.30. The van der Waals surface area contributed by atoms with E-state index in [0.29, 0.717) is 11.4 Å². The summed E-state index contributed by atoms with van der Waals surface area (Å²) >= 11 is 0. The number of fused-ring (bicyclic) bond motifs is 1. The Morgan fingerprint density at radius 1 is 1.50 bits per heavy atom. The monoisotopic (exact) mass is 217 g/mol. The molecule has 0 aliphatic rings. The van der Waals surface area contributed by atoms with Gasteiger partial charge in [-0.3, -0.25) is 4.79 Å². The van der Waals surface area contributed by atoms with E-state index in [4.69, 9.17) is 16.0 Å². The Kier molecular flexibility index (Phi) is 2.59. The number of primary amides is 1. The summed E-state index contributed by atoms with van der Waals surface area (Å²) in [4.78, 5) is 10.5. The van der Waals surface area contributed by atoms with Crippen LogP contribution in [0.3, 0.4) is 0 Å². The second kappa shape index (κ2) is 4.06. The van der Waals surface area contributed by atoms with Crippen molar-refractivity contribution in [1.29, 1.82) is 0 Å². The molecule has 0 radical (unpaired) electrons. The molecular weight excluding hydrogens is 206 g/mol. The standard InChI is InChI=1S/C11H11N3O2/c12-10(15)3-1-2-7-4-5-9-8(6-7)11(13)14-16-9/h1-2,4-6H,3H2,(H2,12,15)(H2,13,14). The van der Waals surface area contributed by atoms with E-state index in [1.54, 1.807) is 18.2 Å². The Balaban J connectivity index is 2.28. The van der Waals surface area contributed by atoms with Crippen molar-refractivity contribution in [3.05, 3.63) is 29.8 Å². The van der Waals surface area contributed by atoms with Gasteiger partial charge in [-0.05, 0) is 17.7 Å². The molecule has 1 heterocycles. The van der Waals surface area contributed by atoms with Crippen LogP contribution in [0.15, 0.2) is 28.8 Å². The van der Waals surface area contributed by atoms with Crippen LogP contribution in [0, 0.1) is 0 Å². The molecule has 0 spiro atoms. The van der Waals surface area contributed by atoms with Crippen LogP contribution in [0.5, 0.6) is 0 Å². The molecule has 5 heteroatoms. The molecule has 1 aromatic heterocycles. The number of carbonyl (C=O) groups excluding carboxylic acids is 1. The van der Waals surface area contributed by atoms with Crippen LogP contribution in [0.4, 0.5) is 5.82 Å². The highest BCUT2D eigenvalue weighted by Gasteiger charge is 2.03. The number of amides is 1. The highest BCUT2D eigenvalue weighted by atomic mass is 16.5. The van der Waals surface area contributed by atoms with Crippen molar-refractivity contribution in [3.63, 3.8) is 0 Å². The summed E-state index contributed by atoms with van der Waals surface area (Å²) in [6, 6.07) is 5.48. The molecule has 0 saturated heterocycles. The number of hydrogen-bond acceptors (Lipinski definition) is 4. The number of rotatable bonds is 3. The van der Waals surface area contributed by atoms with Gasteiger partial charge in [-0.2, -0.15) is 0 Å². The first-order chi connectivity index (χ1) is 7.66. The van der Waals surface area contributed by atoms with Gasteiger partial charge in [0.1, 0.15) is 0 Å². The molecule has 1 amide bonds. The molecule has 16 heavy (non-hydrogen) atoms. The minimum atomic E-state index is -0.359. The van der Waals surface area contributed by atoms with Gasteiger partial charge in [0.2, 0.25) is 5.91 Å². The number of nitrogen functional groups attached to an aromatic ring is 1. The molecule has 0 fully saturated rings. The van der Waals surface area contributed by atoms with Crippen LogP contribution in [0.2, 0.25) is 0 Å². The fourth-order valence-electron chi connectivity index (χ4n) is 1.39. The molecule has 4 N–H and O–H groups in total. The second-order valence-corrected chi connectivity index (χ2v) is 3.40.